The van der Waals surface area contributed by atoms with Crippen molar-refractivity contribution in [2.45, 2.75) is 20.8 Å². The molecule has 86 valence electrons. The van der Waals surface area contributed by atoms with E-state index in [9.17, 15) is 0 Å². The minimum Gasteiger partial charge on any atom is -0.361 e. The van der Waals surface area contributed by atoms with Gasteiger partial charge in [0, 0.05) is 6.54 Å². The number of benzene rings is 1. The zero-order chi connectivity index (χ0) is 11.8. The first-order chi connectivity index (χ1) is 7.46. The standard InChI is InChI=1S/C12H15ClN2S/c1-12(2,3)7-14-11-15-9-6-4-5-8(13)10(9)16-11/h4-6H,7H2,1-3H3,(H,14,15). The lowest BCUT2D eigenvalue weighted by Crippen LogP contribution is -2.18. The van der Waals surface area contributed by atoms with E-state index in [1.165, 1.54) is 0 Å². The summed E-state index contributed by atoms with van der Waals surface area (Å²) < 4.78 is 1.06. The van der Waals surface area contributed by atoms with Gasteiger partial charge in [-0.05, 0) is 17.5 Å². The van der Waals surface area contributed by atoms with Gasteiger partial charge in [-0.1, -0.05) is 49.8 Å². The van der Waals surface area contributed by atoms with Gasteiger partial charge in [0.1, 0.15) is 0 Å². The van der Waals surface area contributed by atoms with Gasteiger partial charge in [0.25, 0.3) is 0 Å². The van der Waals surface area contributed by atoms with Gasteiger partial charge in [-0.2, -0.15) is 0 Å². The predicted molar refractivity (Wildman–Crippen MR) is 72.6 cm³/mol. The number of rotatable bonds is 2. The normalized spacial score (nSPS) is 12.0. The minimum atomic E-state index is 0.252. The molecule has 0 aliphatic rings. The van der Waals surface area contributed by atoms with Gasteiger partial charge in [-0.15, -0.1) is 0 Å². The van der Waals surface area contributed by atoms with E-state index in [0.717, 1.165) is 26.9 Å². The summed E-state index contributed by atoms with van der Waals surface area (Å²) in [5, 5.41) is 5.07. The van der Waals surface area contributed by atoms with Crippen LogP contribution < -0.4 is 5.32 Å². The average Bonchev–Trinajstić information content (AvgIpc) is 2.58. The van der Waals surface area contributed by atoms with E-state index in [2.05, 4.69) is 31.1 Å². The number of anilines is 1. The van der Waals surface area contributed by atoms with Crippen LogP contribution in [-0.4, -0.2) is 11.5 Å². The fraction of sp³-hybridized carbons (Fsp3) is 0.417. The molecule has 16 heavy (non-hydrogen) atoms. The van der Waals surface area contributed by atoms with Crippen LogP contribution in [-0.2, 0) is 0 Å². The number of hydrogen-bond donors (Lipinski definition) is 1. The van der Waals surface area contributed by atoms with Gasteiger partial charge in [-0.25, -0.2) is 4.98 Å². The van der Waals surface area contributed by atoms with E-state index < -0.39 is 0 Å². The zero-order valence-electron chi connectivity index (χ0n) is 9.67. The summed E-state index contributed by atoms with van der Waals surface area (Å²) in [6.07, 6.45) is 0. The Bertz CT molecular complexity index is 499. The van der Waals surface area contributed by atoms with Gasteiger partial charge in [0.05, 0.1) is 15.2 Å². The summed E-state index contributed by atoms with van der Waals surface area (Å²) >= 11 is 7.71. The highest BCUT2D eigenvalue weighted by Crippen LogP contribution is 2.32. The Morgan fingerprint density at radius 1 is 1.38 bits per heavy atom. The van der Waals surface area contributed by atoms with Gasteiger partial charge < -0.3 is 5.32 Å². The first-order valence-electron chi connectivity index (χ1n) is 5.25. The fourth-order valence-electron chi connectivity index (χ4n) is 1.33. The van der Waals surface area contributed by atoms with Gasteiger partial charge in [0.15, 0.2) is 5.13 Å². The smallest absolute Gasteiger partial charge is 0.183 e. The predicted octanol–water partition coefficient (Wildman–Crippen LogP) is 4.41. The lowest BCUT2D eigenvalue weighted by molar-refractivity contribution is 0.443. The molecule has 0 radical (unpaired) electrons. The molecule has 1 N–H and O–H groups in total. The number of hydrogen-bond acceptors (Lipinski definition) is 3. The van der Waals surface area contributed by atoms with Crippen LogP contribution in [0.4, 0.5) is 5.13 Å². The molecular weight excluding hydrogens is 240 g/mol. The number of nitrogens with one attached hydrogen (secondary N) is 1. The third-order valence-electron chi connectivity index (χ3n) is 2.14. The second-order valence-electron chi connectivity index (χ2n) is 5.02. The number of halogens is 1. The Kier molecular flexibility index (Phi) is 3.08. The highest BCUT2D eigenvalue weighted by molar-refractivity contribution is 7.22. The molecule has 0 aliphatic carbocycles. The van der Waals surface area contributed by atoms with Crippen molar-refractivity contribution in [3.63, 3.8) is 0 Å². The lowest BCUT2D eigenvalue weighted by atomic mass is 9.97. The third kappa shape index (κ3) is 2.66. The Hall–Kier alpha value is -0.800. The van der Waals surface area contributed by atoms with Crippen molar-refractivity contribution >= 4 is 38.3 Å². The van der Waals surface area contributed by atoms with Crippen LogP contribution >= 0.6 is 22.9 Å². The maximum absolute atomic E-state index is 6.10. The molecule has 0 atom stereocenters. The van der Waals surface area contributed by atoms with Crippen LogP contribution in [0, 0.1) is 5.41 Å². The molecule has 1 aromatic carbocycles. The number of aromatic nitrogens is 1. The molecule has 0 spiro atoms. The Morgan fingerprint density at radius 3 is 2.75 bits per heavy atom. The summed E-state index contributed by atoms with van der Waals surface area (Å²) in [4.78, 5) is 4.50. The molecule has 0 fully saturated rings. The SMILES string of the molecule is CC(C)(C)CNc1nc2cccc(Cl)c2s1. The van der Waals surface area contributed by atoms with Crippen molar-refractivity contribution in [1.82, 2.24) is 4.98 Å². The topological polar surface area (TPSA) is 24.9 Å². The van der Waals surface area contributed by atoms with Crippen LogP contribution in [0.5, 0.6) is 0 Å². The molecule has 1 heterocycles. The zero-order valence-corrected chi connectivity index (χ0v) is 11.2. The quantitative estimate of drug-likeness (QED) is 0.859. The summed E-state index contributed by atoms with van der Waals surface area (Å²) in [5.41, 5.74) is 1.22. The minimum absolute atomic E-state index is 0.252. The van der Waals surface area contributed by atoms with E-state index in [-0.39, 0.29) is 5.41 Å². The Morgan fingerprint density at radius 2 is 2.12 bits per heavy atom. The molecule has 0 saturated heterocycles. The van der Waals surface area contributed by atoms with Gasteiger partial charge >= 0.3 is 0 Å². The van der Waals surface area contributed by atoms with Gasteiger partial charge in [0.2, 0.25) is 0 Å². The molecule has 2 nitrogen and oxygen atoms in total. The van der Waals surface area contributed by atoms with E-state index in [4.69, 9.17) is 11.6 Å². The summed E-state index contributed by atoms with van der Waals surface area (Å²) in [6, 6.07) is 5.81. The highest BCUT2D eigenvalue weighted by Gasteiger charge is 2.12. The van der Waals surface area contributed by atoms with Crippen LogP contribution in [0.15, 0.2) is 18.2 Å². The molecular formula is C12H15ClN2S. The molecule has 0 saturated carbocycles. The first-order valence-corrected chi connectivity index (χ1v) is 6.44. The molecule has 0 aliphatic heterocycles. The Balaban J connectivity index is 2.24. The second kappa shape index (κ2) is 4.22. The van der Waals surface area contributed by atoms with Crippen LogP contribution in [0.1, 0.15) is 20.8 Å². The summed E-state index contributed by atoms with van der Waals surface area (Å²) in [6.45, 7) is 7.49. The van der Waals surface area contributed by atoms with Crippen molar-refractivity contribution in [3.8, 4) is 0 Å². The molecule has 0 unspecified atom stereocenters. The van der Waals surface area contributed by atoms with E-state index in [1.54, 1.807) is 11.3 Å². The van der Waals surface area contributed by atoms with Crippen molar-refractivity contribution < 1.29 is 0 Å². The molecule has 2 aromatic rings. The molecule has 0 amide bonds. The second-order valence-corrected chi connectivity index (χ2v) is 6.43. The number of nitrogens with zero attached hydrogens (tertiary/aromatic N) is 1. The number of thiazole rings is 1. The third-order valence-corrected chi connectivity index (χ3v) is 3.63. The van der Waals surface area contributed by atoms with E-state index in [1.807, 2.05) is 18.2 Å². The van der Waals surface area contributed by atoms with Crippen molar-refractivity contribution in [2.75, 3.05) is 11.9 Å². The summed E-state index contributed by atoms with van der Waals surface area (Å²) in [5.74, 6) is 0. The Labute approximate surface area is 105 Å². The van der Waals surface area contributed by atoms with E-state index in [0.29, 0.717) is 0 Å². The van der Waals surface area contributed by atoms with Crippen LogP contribution in [0.2, 0.25) is 5.02 Å². The maximum atomic E-state index is 6.10. The largest absolute Gasteiger partial charge is 0.361 e. The number of fused-ring (bicyclic) bond motifs is 1. The average molecular weight is 255 g/mol. The first kappa shape index (κ1) is 11.7. The lowest BCUT2D eigenvalue weighted by Gasteiger charge is -2.17. The van der Waals surface area contributed by atoms with Crippen molar-refractivity contribution in [3.05, 3.63) is 23.2 Å². The van der Waals surface area contributed by atoms with Crippen molar-refractivity contribution in [2.24, 2.45) is 5.41 Å². The fourth-order valence-corrected chi connectivity index (χ4v) is 2.48. The van der Waals surface area contributed by atoms with Crippen LogP contribution in [0.25, 0.3) is 10.2 Å². The molecule has 2 rings (SSSR count). The highest BCUT2D eigenvalue weighted by atomic mass is 35.5. The van der Waals surface area contributed by atoms with E-state index >= 15 is 0 Å². The van der Waals surface area contributed by atoms with Crippen molar-refractivity contribution in [1.29, 1.82) is 0 Å². The molecule has 0 bridgehead atoms. The summed E-state index contributed by atoms with van der Waals surface area (Å²) in [7, 11) is 0. The monoisotopic (exact) mass is 254 g/mol. The molecule has 1 aromatic heterocycles. The molecule has 4 heteroatoms. The van der Waals surface area contributed by atoms with Crippen LogP contribution in [0.3, 0.4) is 0 Å². The maximum Gasteiger partial charge on any atom is 0.183 e. The van der Waals surface area contributed by atoms with Gasteiger partial charge in [-0.3, -0.25) is 0 Å².